The maximum Gasteiger partial charge on any atom is 0.316 e. The Morgan fingerprint density at radius 2 is 1.55 bits per heavy atom. The van der Waals surface area contributed by atoms with Crippen molar-refractivity contribution in [2.45, 2.75) is 9.79 Å². The zero-order valence-corrected chi connectivity index (χ0v) is 11.1. The van der Waals surface area contributed by atoms with Crippen LogP contribution >= 0.6 is 11.8 Å². The van der Waals surface area contributed by atoms with Gasteiger partial charge >= 0.3 is 6.03 Å². The van der Waals surface area contributed by atoms with Crippen LogP contribution in [-0.2, 0) is 0 Å². The van der Waals surface area contributed by atoms with Gasteiger partial charge in [-0.05, 0) is 36.4 Å². The molecule has 0 unspecified atom stereocenters. The number of carbonyl (C=O) groups excluding carboxylic acids is 1. The van der Waals surface area contributed by atoms with E-state index in [0.717, 1.165) is 9.79 Å². The van der Waals surface area contributed by atoms with Crippen molar-refractivity contribution in [3.05, 3.63) is 58.6 Å². The first-order valence-electron chi connectivity index (χ1n) is 5.63. The van der Waals surface area contributed by atoms with Gasteiger partial charge in [-0.25, -0.2) is 4.79 Å². The Labute approximate surface area is 119 Å². The fourth-order valence-electron chi connectivity index (χ4n) is 1.52. The Balaban J connectivity index is 2.06. The smallest absolute Gasteiger partial charge is 0.316 e. The molecular formula is C13H11N3O3S. The minimum absolute atomic E-state index is 0.0651. The van der Waals surface area contributed by atoms with Gasteiger partial charge in [0.15, 0.2) is 0 Å². The number of rotatable bonds is 4. The van der Waals surface area contributed by atoms with Crippen LogP contribution in [-0.4, -0.2) is 11.0 Å². The molecular weight excluding hydrogens is 278 g/mol. The summed E-state index contributed by atoms with van der Waals surface area (Å²) < 4.78 is 0. The Kier molecular flexibility index (Phi) is 4.21. The SMILES string of the molecule is NC(=O)Nc1ccc(Sc2ccc([N+](=O)[O-])cc2)cc1. The van der Waals surface area contributed by atoms with Crippen molar-refractivity contribution in [2.75, 3.05) is 5.32 Å². The molecule has 2 rings (SSSR count). The monoisotopic (exact) mass is 289 g/mol. The van der Waals surface area contributed by atoms with Gasteiger partial charge in [0, 0.05) is 27.6 Å². The summed E-state index contributed by atoms with van der Waals surface area (Å²) >= 11 is 1.47. The molecule has 6 nitrogen and oxygen atoms in total. The Bertz CT molecular complexity index is 626. The van der Waals surface area contributed by atoms with E-state index in [1.807, 2.05) is 12.1 Å². The van der Waals surface area contributed by atoms with Crippen molar-refractivity contribution < 1.29 is 9.72 Å². The van der Waals surface area contributed by atoms with Crippen molar-refractivity contribution in [1.29, 1.82) is 0 Å². The molecule has 0 heterocycles. The molecule has 0 aliphatic heterocycles. The first-order valence-corrected chi connectivity index (χ1v) is 6.45. The lowest BCUT2D eigenvalue weighted by Gasteiger charge is -2.04. The summed E-state index contributed by atoms with van der Waals surface area (Å²) in [6.07, 6.45) is 0. The number of nitrogens with zero attached hydrogens (tertiary/aromatic N) is 1. The third kappa shape index (κ3) is 3.72. The fourth-order valence-corrected chi connectivity index (χ4v) is 2.34. The summed E-state index contributed by atoms with van der Waals surface area (Å²) in [6, 6.07) is 12.8. The fraction of sp³-hybridized carbons (Fsp3) is 0. The average Bonchev–Trinajstić information content (AvgIpc) is 2.41. The lowest BCUT2D eigenvalue weighted by molar-refractivity contribution is -0.384. The molecule has 2 aromatic carbocycles. The third-order valence-corrected chi connectivity index (χ3v) is 3.42. The predicted molar refractivity (Wildman–Crippen MR) is 76.9 cm³/mol. The van der Waals surface area contributed by atoms with E-state index in [4.69, 9.17) is 5.73 Å². The molecule has 102 valence electrons. The highest BCUT2D eigenvalue weighted by Crippen LogP contribution is 2.29. The summed E-state index contributed by atoms with van der Waals surface area (Å²) in [5.41, 5.74) is 5.70. The number of nitrogens with one attached hydrogen (secondary N) is 1. The highest BCUT2D eigenvalue weighted by Gasteiger charge is 2.05. The molecule has 0 atom stereocenters. The number of nitrogens with two attached hydrogens (primary N) is 1. The van der Waals surface area contributed by atoms with E-state index < -0.39 is 11.0 Å². The molecule has 0 saturated heterocycles. The number of primary amides is 1. The van der Waals surface area contributed by atoms with Crippen molar-refractivity contribution in [2.24, 2.45) is 5.73 Å². The molecule has 7 heteroatoms. The van der Waals surface area contributed by atoms with E-state index in [-0.39, 0.29) is 5.69 Å². The maximum atomic E-state index is 10.7. The van der Waals surface area contributed by atoms with Crippen LogP contribution in [0.15, 0.2) is 58.3 Å². The van der Waals surface area contributed by atoms with Crippen LogP contribution in [0, 0.1) is 10.1 Å². The summed E-state index contributed by atoms with van der Waals surface area (Å²) in [4.78, 5) is 22.6. The highest BCUT2D eigenvalue weighted by atomic mass is 32.2. The Morgan fingerprint density at radius 1 is 1.05 bits per heavy atom. The normalized spacial score (nSPS) is 10.0. The summed E-state index contributed by atoms with van der Waals surface area (Å²) in [7, 11) is 0. The van der Waals surface area contributed by atoms with E-state index in [0.29, 0.717) is 5.69 Å². The first kappa shape index (κ1) is 13.9. The van der Waals surface area contributed by atoms with Crippen LogP contribution < -0.4 is 11.1 Å². The number of urea groups is 1. The molecule has 0 aliphatic carbocycles. The Hall–Kier alpha value is -2.54. The van der Waals surface area contributed by atoms with Crippen LogP contribution in [0.25, 0.3) is 0 Å². The van der Waals surface area contributed by atoms with Gasteiger partial charge in [0.05, 0.1) is 4.92 Å². The standard InChI is InChI=1S/C13H11N3O3S/c14-13(17)15-9-1-5-11(6-2-9)20-12-7-3-10(4-8-12)16(18)19/h1-8H,(H3,14,15,17). The molecule has 0 radical (unpaired) electrons. The molecule has 2 amide bonds. The second-order valence-electron chi connectivity index (χ2n) is 3.87. The zero-order chi connectivity index (χ0) is 14.5. The van der Waals surface area contributed by atoms with Crippen LogP contribution in [0.1, 0.15) is 0 Å². The Morgan fingerprint density at radius 3 is 2.00 bits per heavy atom. The number of hydrogen-bond donors (Lipinski definition) is 2. The predicted octanol–water partition coefficient (Wildman–Crippen LogP) is 3.24. The number of nitro groups is 1. The van der Waals surface area contributed by atoms with Crippen molar-refractivity contribution >= 4 is 29.2 Å². The maximum absolute atomic E-state index is 10.7. The largest absolute Gasteiger partial charge is 0.351 e. The van der Waals surface area contributed by atoms with Gasteiger partial charge < -0.3 is 11.1 Å². The number of hydrogen-bond acceptors (Lipinski definition) is 4. The molecule has 3 N–H and O–H groups in total. The number of nitro benzene ring substituents is 1. The van der Waals surface area contributed by atoms with Crippen LogP contribution in [0.5, 0.6) is 0 Å². The van der Waals surface area contributed by atoms with Gasteiger partial charge in [-0.1, -0.05) is 11.8 Å². The zero-order valence-electron chi connectivity index (χ0n) is 10.3. The van der Waals surface area contributed by atoms with Gasteiger partial charge in [0.2, 0.25) is 0 Å². The average molecular weight is 289 g/mol. The van der Waals surface area contributed by atoms with Crippen LogP contribution in [0.3, 0.4) is 0 Å². The minimum Gasteiger partial charge on any atom is -0.351 e. The van der Waals surface area contributed by atoms with Crippen LogP contribution in [0.4, 0.5) is 16.2 Å². The molecule has 2 aromatic rings. The molecule has 0 spiro atoms. The molecule has 20 heavy (non-hydrogen) atoms. The van der Waals surface area contributed by atoms with Crippen molar-refractivity contribution in [3.63, 3.8) is 0 Å². The molecule has 0 saturated carbocycles. The molecule has 0 aromatic heterocycles. The van der Waals surface area contributed by atoms with Gasteiger partial charge in [-0.15, -0.1) is 0 Å². The van der Waals surface area contributed by atoms with Gasteiger partial charge in [-0.3, -0.25) is 10.1 Å². The van der Waals surface area contributed by atoms with Gasteiger partial charge in [-0.2, -0.15) is 0 Å². The van der Waals surface area contributed by atoms with Gasteiger partial charge in [0.25, 0.3) is 5.69 Å². The molecule has 0 bridgehead atoms. The summed E-state index contributed by atoms with van der Waals surface area (Å²) in [5, 5.41) is 13.0. The quantitative estimate of drug-likeness (QED) is 0.666. The number of carbonyl (C=O) groups is 1. The third-order valence-electron chi connectivity index (χ3n) is 2.41. The summed E-state index contributed by atoms with van der Waals surface area (Å²) in [5.74, 6) is 0. The van der Waals surface area contributed by atoms with Gasteiger partial charge in [0.1, 0.15) is 0 Å². The first-order chi connectivity index (χ1) is 9.54. The lowest BCUT2D eigenvalue weighted by Crippen LogP contribution is -2.19. The van der Waals surface area contributed by atoms with Crippen LogP contribution in [0.2, 0.25) is 0 Å². The van der Waals surface area contributed by atoms with E-state index >= 15 is 0 Å². The van der Waals surface area contributed by atoms with Crippen molar-refractivity contribution in [3.8, 4) is 0 Å². The van der Waals surface area contributed by atoms with E-state index in [2.05, 4.69) is 5.32 Å². The topological polar surface area (TPSA) is 98.3 Å². The molecule has 0 fully saturated rings. The number of amides is 2. The van der Waals surface area contributed by atoms with E-state index in [9.17, 15) is 14.9 Å². The summed E-state index contributed by atoms with van der Waals surface area (Å²) in [6.45, 7) is 0. The number of anilines is 1. The minimum atomic E-state index is -0.610. The second-order valence-corrected chi connectivity index (χ2v) is 5.01. The number of benzene rings is 2. The highest BCUT2D eigenvalue weighted by molar-refractivity contribution is 7.99. The lowest BCUT2D eigenvalue weighted by atomic mass is 10.3. The second kappa shape index (κ2) is 6.07. The van der Waals surface area contributed by atoms with Crippen molar-refractivity contribution in [1.82, 2.24) is 0 Å². The molecule has 0 aliphatic rings. The number of non-ortho nitro benzene ring substituents is 1. The van der Waals surface area contributed by atoms with E-state index in [1.54, 1.807) is 24.3 Å². The van der Waals surface area contributed by atoms with E-state index in [1.165, 1.54) is 23.9 Å².